The summed E-state index contributed by atoms with van der Waals surface area (Å²) in [4.78, 5) is 13.0. The van der Waals surface area contributed by atoms with Crippen LogP contribution in [0, 0.1) is 0 Å². The smallest absolute Gasteiger partial charge is 0.334 e. The van der Waals surface area contributed by atoms with E-state index in [1.54, 1.807) is 31.2 Å². The minimum absolute atomic E-state index is 0.0688. The van der Waals surface area contributed by atoms with E-state index >= 15 is 0 Å². The maximum absolute atomic E-state index is 12.2. The van der Waals surface area contributed by atoms with Gasteiger partial charge in [-0.05, 0) is 18.1 Å². The van der Waals surface area contributed by atoms with E-state index < -0.39 is 28.5 Å². The molecule has 2 amide bonds. The van der Waals surface area contributed by atoms with E-state index in [0.717, 1.165) is 16.7 Å². The van der Waals surface area contributed by atoms with Crippen molar-refractivity contribution < 1.29 is 26.4 Å². The molecule has 0 saturated carbocycles. The Morgan fingerprint density at radius 3 is 2.17 bits per heavy atom. The summed E-state index contributed by atoms with van der Waals surface area (Å²) in [5.74, 6) is -0.0688. The summed E-state index contributed by atoms with van der Waals surface area (Å²) in [5.41, 5.74) is 1.36. The quantitative estimate of drug-likeness (QED) is 0.807. The first-order valence-electron chi connectivity index (χ1n) is 7.35. The van der Waals surface area contributed by atoms with Crippen molar-refractivity contribution in [2.45, 2.75) is 31.8 Å². The number of alkyl halides is 3. The van der Waals surface area contributed by atoms with Crippen LogP contribution >= 0.6 is 0 Å². The predicted molar refractivity (Wildman–Crippen MR) is 85.1 cm³/mol. The first kappa shape index (κ1) is 20.3. The van der Waals surface area contributed by atoms with Gasteiger partial charge in [0, 0.05) is 25.9 Å². The van der Waals surface area contributed by atoms with Crippen molar-refractivity contribution >= 4 is 15.9 Å². The number of hydrogen-bond donors (Lipinski definition) is 1. The molecule has 0 saturated heterocycles. The van der Waals surface area contributed by atoms with Gasteiger partial charge in [-0.15, -0.1) is 0 Å². The van der Waals surface area contributed by atoms with Gasteiger partial charge in [0.1, 0.15) is 0 Å². The fraction of sp³-hybridized carbons (Fsp3) is 0.533. The number of urea groups is 1. The summed E-state index contributed by atoms with van der Waals surface area (Å²) in [7, 11) is -3.12. The third-order valence-corrected chi connectivity index (χ3v) is 4.09. The molecule has 0 unspecified atom stereocenters. The molecule has 0 radical (unpaired) electrons. The number of benzene rings is 1. The first-order valence-corrected chi connectivity index (χ1v) is 9.41. The molecule has 1 aromatic carbocycles. The number of carbonyl (C=O) groups excluding carboxylic acids is 1. The second kappa shape index (κ2) is 8.36. The normalized spacial score (nSPS) is 12.0. The van der Waals surface area contributed by atoms with Crippen LogP contribution in [0.5, 0.6) is 0 Å². The monoisotopic (exact) mass is 366 g/mol. The standard InChI is InChI=1S/C15H21F3N2O3S/c1-3-20(9-8-15(16,17)18)14(21)19-10-12-4-6-13(7-5-12)11-24(2,22)23/h4-7H,3,8-11H2,1-2H3,(H,19,21). The molecule has 0 spiro atoms. The summed E-state index contributed by atoms with van der Waals surface area (Å²) in [6.45, 7) is 1.55. The van der Waals surface area contributed by atoms with E-state index in [-0.39, 0.29) is 25.4 Å². The third-order valence-electron chi connectivity index (χ3n) is 3.23. The highest BCUT2D eigenvalue weighted by Crippen LogP contribution is 2.19. The van der Waals surface area contributed by atoms with Crippen molar-refractivity contribution in [3.8, 4) is 0 Å². The molecule has 0 aromatic heterocycles. The molecular weight excluding hydrogens is 345 g/mol. The maximum atomic E-state index is 12.2. The lowest BCUT2D eigenvalue weighted by molar-refractivity contribution is -0.136. The summed E-state index contributed by atoms with van der Waals surface area (Å²) in [6, 6.07) is 6.06. The Morgan fingerprint density at radius 1 is 1.17 bits per heavy atom. The molecule has 0 aliphatic rings. The molecule has 0 bridgehead atoms. The SMILES string of the molecule is CCN(CCC(F)(F)F)C(=O)NCc1ccc(CS(C)(=O)=O)cc1. The molecule has 24 heavy (non-hydrogen) atoms. The average molecular weight is 366 g/mol. The number of halogens is 3. The van der Waals surface area contributed by atoms with Crippen LogP contribution in [0.2, 0.25) is 0 Å². The molecule has 136 valence electrons. The van der Waals surface area contributed by atoms with Gasteiger partial charge < -0.3 is 10.2 Å². The van der Waals surface area contributed by atoms with Crippen molar-refractivity contribution in [2.24, 2.45) is 0 Å². The molecule has 0 fully saturated rings. The summed E-state index contributed by atoms with van der Waals surface area (Å²) in [5, 5.41) is 2.56. The zero-order chi connectivity index (χ0) is 18.4. The molecular formula is C15H21F3N2O3S. The van der Waals surface area contributed by atoms with Gasteiger partial charge in [0.2, 0.25) is 0 Å². The minimum Gasteiger partial charge on any atom is -0.334 e. The Labute approximate surface area is 139 Å². The van der Waals surface area contributed by atoms with Gasteiger partial charge in [0.15, 0.2) is 9.84 Å². The highest BCUT2D eigenvalue weighted by molar-refractivity contribution is 7.89. The zero-order valence-electron chi connectivity index (χ0n) is 13.6. The van der Waals surface area contributed by atoms with Crippen molar-refractivity contribution in [3.05, 3.63) is 35.4 Å². The van der Waals surface area contributed by atoms with Crippen molar-refractivity contribution in [1.82, 2.24) is 10.2 Å². The number of nitrogens with one attached hydrogen (secondary N) is 1. The summed E-state index contributed by atoms with van der Waals surface area (Å²) in [6.07, 6.45) is -4.21. The summed E-state index contributed by atoms with van der Waals surface area (Å²) < 4.78 is 59.1. The Hall–Kier alpha value is -1.77. The van der Waals surface area contributed by atoms with E-state index in [9.17, 15) is 26.4 Å². The fourth-order valence-electron chi connectivity index (χ4n) is 2.01. The van der Waals surface area contributed by atoms with Gasteiger partial charge in [-0.3, -0.25) is 0 Å². The van der Waals surface area contributed by atoms with Gasteiger partial charge in [-0.1, -0.05) is 24.3 Å². The molecule has 1 rings (SSSR count). The highest BCUT2D eigenvalue weighted by Gasteiger charge is 2.28. The molecule has 0 aliphatic heterocycles. The van der Waals surface area contributed by atoms with Crippen molar-refractivity contribution in [2.75, 3.05) is 19.3 Å². The molecule has 5 nitrogen and oxygen atoms in total. The van der Waals surface area contributed by atoms with Crippen molar-refractivity contribution in [3.63, 3.8) is 0 Å². The first-order chi connectivity index (χ1) is 11.0. The summed E-state index contributed by atoms with van der Waals surface area (Å²) >= 11 is 0. The van der Waals surface area contributed by atoms with Crippen LogP contribution in [0.4, 0.5) is 18.0 Å². The van der Waals surface area contributed by atoms with Gasteiger partial charge in [-0.25, -0.2) is 13.2 Å². The molecule has 1 aromatic rings. The fourth-order valence-corrected chi connectivity index (χ4v) is 2.81. The number of rotatable bonds is 7. The van der Waals surface area contributed by atoms with E-state index in [2.05, 4.69) is 5.32 Å². The molecule has 1 N–H and O–H groups in total. The van der Waals surface area contributed by atoms with Gasteiger partial charge in [0.25, 0.3) is 0 Å². The Bertz CT molecular complexity index is 643. The lowest BCUT2D eigenvalue weighted by atomic mass is 10.1. The van der Waals surface area contributed by atoms with E-state index in [1.807, 2.05) is 0 Å². The third kappa shape index (κ3) is 8.19. The topological polar surface area (TPSA) is 66.5 Å². The van der Waals surface area contributed by atoms with Gasteiger partial charge in [0.05, 0.1) is 12.2 Å². The highest BCUT2D eigenvalue weighted by atomic mass is 32.2. The molecule has 0 aliphatic carbocycles. The predicted octanol–water partition coefficient (Wildman–Crippen LogP) is 2.72. The molecule has 0 atom stereocenters. The number of amides is 2. The molecule has 9 heteroatoms. The van der Waals surface area contributed by atoms with E-state index in [0.29, 0.717) is 5.56 Å². The lowest BCUT2D eigenvalue weighted by Gasteiger charge is -2.22. The van der Waals surface area contributed by atoms with Gasteiger partial charge in [-0.2, -0.15) is 13.2 Å². The maximum Gasteiger partial charge on any atom is 0.390 e. The lowest BCUT2D eigenvalue weighted by Crippen LogP contribution is -2.41. The second-order valence-electron chi connectivity index (χ2n) is 5.49. The van der Waals surface area contributed by atoms with Crippen LogP contribution < -0.4 is 5.32 Å². The Kier molecular flexibility index (Phi) is 7.07. The minimum atomic E-state index is -4.30. The Morgan fingerprint density at radius 2 is 1.71 bits per heavy atom. The van der Waals surface area contributed by atoms with Crippen LogP contribution in [0.1, 0.15) is 24.5 Å². The Balaban J connectivity index is 2.53. The largest absolute Gasteiger partial charge is 0.390 e. The van der Waals surface area contributed by atoms with Crippen LogP contribution in [0.15, 0.2) is 24.3 Å². The van der Waals surface area contributed by atoms with Crippen LogP contribution in [-0.2, 0) is 22.1 Å². The van der Waals surface area contributed by atoms with E-state index in [1.165, 1.54) is 0 Å². The second-order valence-corrected chi connectivity index (χ2v) is 7.63. The van der Waals surface area contributed by atoms with Crippen LogP contribution in [0.25, 0.3) is 0 Å². The van der Waals surface area contributed by atoms with Crippen LogP contribution in [-0.4, -0.2) is 44.9 Å². The molecule has 0 heterocycles. The number of sulfone groups is 1. The average Bonchev–Trinajstić information content (AvgIpc) is 2.44. The van der Waals surface area contributed by atoms with Crippen LogP contribution in [0.3, 0.4) is 0 Å². The van der Waals surface area contributed by atoms with E-state index in [4.69, 9.17) is 0 Å². The number of nitrogens with zero attached hydrogens (tertiary/aromatic N) is 1. The number of carbonyl (C=O) groups is 1. The zero-order valence-corrected chi connectivity index (χ0v) is 14.4. The van der Waals surface area contributed by atoms with Crippen molar-refractivity contribution in [1.29, 1.82) is 0 Å². The number of hydrogen-bond acceptors (Lipinski definition) is 3. The van der Waals surface area contributed by atoms with Gasteiger partial charge >= 0.3 is 12.2 Å².